The molecule has 9 atom stereocenters. The molecule has 5 aromatic rings. The molecule has 11 rings (SSSR count). The first-order valence-electron chi connectivity index (χ1n) is 34.4. The van der Waals surface area contributed by atoms with Gasteiger partial charge < -0.3 is 53.1 Å². The Bertz CT molecular complexity index is 4050. The largest absolute Gasteiger partial charge is 0.443 e. The molecule has 0 unspecified atom stereocenters. The van der Waals surface area contributed by atoms with Gasteiger partial charge in [0.2, 0.25) is 11.9 Å². The molecule has 576 valence electrons. The maximum absolute atomic E-state index is 15.8. The number of hydrogen-bond acceptors (Lipinski definition) is 23. The minimum absolute atomic E-state index is 0.0131. The lowest BCUT2D eigenvalue weighted by molar-refractivity contribution is -0.0840. The Morgan fingerprint density at radius 1 is 0.491 bits per heavy atom. The molecule has 2 aromatic heterocycles. The van der Waals surface area contributed by atoms with Gasteiger partial charge in [-0.1, -0.05) is 63.3 Å². The van der Waals surface area contributed by atoms with E-state index in [0.717, 1.165) is 9.80 Å². The van der Waals surface area contributed by atoms with Gasteiger partial charge in [-0.25, -0.2) is 57.3 Å². The third kappa shape index (κ3) is 20.2. The number of benzene rings is 3. The highest BCUT2D eigenvalue weighted by atomic mass is 79.9. The molecule has 3 saturated heterocycles. The number of ether oxygens (including phenoxy) is 10. The van der Waals surface area contributed by atoms with Crippen molar-refractivity contribution in [3.05, 3.63) is 142 Å². The fourth-order valence-electron chi connectivity index (χ4n) is 13.0. The number of rotatable bonds is 11. The Labute approximate surface area is 636 Å². The zero-order valence-corrected chi connectivity index (χ0v) is 66.1. The van der Waals surface area contributed by atoms with E-state index in [1.165, 1.54) is 78.0 Å². The van der Waals surface area contributed by atoms with Gasteiger partial charge in [0.15, 0.2) is 15.5 Å². The topological polar surface area (TPSA) is 256 Å². The highest BCUT2D eigenvalue weighted by Gasteiger charge is 2.55. The molecule has 4 amide bonds. The number of aromatic nitrogens is 2. The van der Waals surface area contributed by atoms with Crippen molar-refractivity contribution in [2.45, 2.75) is 160 Å². The summed E-state index contributed by atoms with van der Waals surface area (Å²) in [6, 6.07) is 19.9. The van der Waals surface area contributed by atoms with Crippen molar-refractivity contribution in [3.8, 4) is 22.3 Å². The van der Waals surface area contributed by atoms with E-state index in [0.29, 0.717) is 93.8 Å². The van der Waals surface area contributed by atoms with Crippen molar-refractivity contribution in [3.63, 3.8) is 0 Å². The maximum atomic E-state index is 15.8. The van der Waals surface area contributed by atoms with E-state index in [-0.39, 0.29) is 77.3 Å². The number of nitrogens with two attached hydrogens (primary N) is 1. The van der Waals surface area contributed by atoms with Gasteiger partial charge in [-0.05, 0) is 180 Å². The number of carbonyl (C=O) groups excluding carboxylic acids is 4. The number of nitrogens with zero attached hydrogens (tertiary/aromatic N) is 7. The van der Waals surface area contributed by atoms with Gasteiger partial charge in [0, 0.05) is 101 Å². The van der Waals surface area contributed by atoms with Crippen LogP contribution in [0.5, 0.6) is 0 Å². The van der Waals surface area contributed by atoms with Crippen molar-refractivity contribution in [2.24, 2.45) is 38.5 Å². The Hall–Kier alpha value is -6.81. The molecule has 2 N–H and O–H groups in total. The third-order valence-corrected chi connectivity index (χ3v) is 21.2. The lowest BCUT2D eigenvalue weighted by Gasteiger charge is -2.47. The summed E-state index contributed by atoms with van der Waals surface area (Å²) >= 11 is 7.30. The van der Waals surface area contributed by atoms with Gasteiger partial charge in [-0.15, -0.1) is 0 Å². The van der Waals surface area contributed by atoms with Crippen LogP contribution in [0.1, 0.15) is 119 Å². The quantitative estimate of drug-likeness (QED) is 0.0732. The molecular formula is C75H92BrF5N8O14S3. The number of carbonyl (C=O) groups is 4. The van der Waals surface area contributed by atoms with Crippen molar-refractivity contribution in [2.75, 3.05) is 78.2 Å². The summed E-state index contributed by atoms with van der Waals surface area (Å²) in [6.45, 7) is 21.7. The molecule has 8 heterocycles. The molecule has 0 spiro atoms. The van der Waals surface area contributed by atoms with Gasteiger partial charge in [-0.3, -0.25) is 0 Å². The number of halogens is 6. The van der Waals surface area contributed by atoms with Crippen LogP contribution in [-0.4, -0.2) is 179 Å². The van der Waals surface area contributed by atoms with E-state index >= 15 is 13.2 Å². The Morgan fingerprint density at radius 3 is 1.14 bits per heavy atom. The standard InChI is InChI=1S/C30H37F2N3O6S.C25H34BrFN2O6S.C20H21F2N3O2S/c1-28(2,3)40-26(36)35(27(37)41-29(4,5)6)25-34-30(17-39-20(15-38-7)14-19(30)16-42-25)22-13-18(10-11-23(22)31)21-9-8-12-33-24(21)32;1-23(2,3)34-21(30)29(22(31)35-24(4,5)6)20-28-25(18-11-16(26)8-9-19(18)27)14-33-17(12-32-7)10-15(25)13-36-20;1-26-9-14-8-13-10-28-19(23)25-20(13,11-27-14)16-7-12(4-5-17(16)21)15-3-2-6-24-18(15)22/h8-13,19-20H,14-17H2,1-7H3;8-9,11,15,17H,10,12-14H2,1-7H3;2-7,13-14H,8-11H2,1H3,(H2,23,25)/t19-,20+,30-;15-,17+,25-;13-,14+,20-/m000/s1. The average Bonchev–Trinajstić information content (AvgIpc) is 0.781. The van der Waals surface area contributed by atoms with Crippen LogP contribution in [0.15, 0.2) is 111 Å². The van der Waals surface area contributed by atoms with Gasteiger partial charge in [0.1, 0.15) is 56.5 Å². The number of imide groups is 2. The second kappa shape index (κ2) is 34.4. The molecule has 0 bridgehead atoms. The molecule has 3 fully saturated rings. The molecule has 0 saturated carbocycles. The van der Waals surface area contributed by atoms with Crippen LogP contribution < -0.4 is 5.73 Å². The zero-order valence-electron chi connectivity index (χ0n) is 62.0. The monoisotopic (exact) mass is 1600 g/mol. The van der Waals surface area contributed by atoms with Crippen molar-refractivity contribution < 1.29 is 88.5 Å². The minimum atomic E-state index is -1.36. The number of aliphatic imine (C=N–C) groups is 3. The summed E-state index contributed by atoms with van der Waals surface area (Å²) < 4.78 is 132. The summed E-state index contributed by atoms with van der Waals surface area (Å²) in [4.78, 5) is 76.7. The van der Waals surface area contributed by atoms with E-state index in [1.54, 1.807) is 153 Å². The summed E-state index contributed by atoms with van der Waals surface area (Å²) in [6.07, 6.45) is 0.155. The molecule has 22 nitrogen and oxygen atoms in total. The van der Waals surface area contributed by atoms with E-state index in [2.05, 4.69) is 30.9 Å². The van der Waals surface area contributed by atoms with Crippen LogP contribution in [0.25, 0.3) is 22.3 Å². The summed E-state index contributed by atoms with van der Waals surface area (Å²) in [5.74, 6) is -1.57. The van der Waals surface area contributed by atoms with Crippen LogP contribution in [0.3, 0.4) is 0 Å². The number of amidine groups is 3. The summed E-state index contributed by atoms with van der Waals surface area (Å²) in [7, 11) is 4.80. The van der Waals surface area contributed by atoms with Crippen molar-refractivity contribution >= 4 is 91.1 Å². The second-order valence-corrected chi connectivity index (χ2v) is 34.1. The number of fused-ring (bicyclic) bond motifs is 3. The predicted molar refractivity (Wildman–Crippen MR) is 400 cm³/mol. The Balaban J connectivity index is 0.000000187. The second-order valence-electron chi connectivity index (χ2n) is 30.2. The lowest BCUT2D eigenvalue weighted by Crippen LogP contribution is -2.54. The molecule has 6 aliphatic rings. The first-order valence-corrected chi connectivity index (χ1v) is 38.1. The summed E-state index contributed by atoms with van der Waals surface area (Å²) in [5, 5.41) is 0.464. The molecule has 6 aliphatic heterocycles. The smallest absolute Gasteiger partial charge is 0.426 e. The van der Waals surface area contributed by atoms with Crippen LogP contribution in [0.2, 0.25) is 0 Å². The number of hydrogen-bond donors (Lipinski definition) is 1. The van der Waals surface area contributed by atoms with Gasteiger partial charge in [0.05, 0.1) is 58.0 Å². The van der Waals surface area contributed by atoms with E-state index in [1.807, 2.05) is 0 Å². The fourth-order valence-corrected chi connectivity index (χ4v) is 16.9. The first kappa shape index (κ1) is 83.2. The van der Waals surface area contributed by atoms with E-state index in [4.69, 9.17) is 63.1 Å². The maximum Gasteiger partial charge on any atom is 0.426 e. The number of amides is 4. The molecule has 31 heteroatoms. The van der Waals surface area contributed by atoms with Crippen LogP contribution in [0.4, 0.5) is 41.1 Å². The molecule has 0 radical (unpaired) electrons. The van der Waals surface area contributed by atoms with Gasteiger partial charge >= 0.3 is 24.4 Å². The highest BCUT2D eigenvalue weighted by Crippen LogP contribution is 2.52. The van der Waals surface area contributed by atoms with E-state index < -0.39 is 92.7 Å². The normalized spacial score (nSPS) is 24.4. The van der Waals surface area contributed by atoms with Crippen molar-refractivity contribution in [1.29, 1.82) is 0 Å². The molecular weight excluding hydrogens is 1510 g/mol. The van der Waals surface area contributed by atoms with Gasteiger partial charge in [-0.2, -0.15) is 18.6 Å². The lowest BCUT2D eigenvalue weighted by atomic mass is 9.74. The van der Waals surface area contributed by atoms with Crippen LogP contribution >= 0.6 is 51.2 Å². The van der Waals surface area contributed by atoms with Crippen LogP contribution in [-0.2, 0) is 64.0 Å². The van der Waals surface area contributed by atoms with Crippen LogP contribution in [0, 0.1) is 47.1 Å². The SMILES string of the molecule is COC[C@H]1C[C@H]2CSC(N(C(=O)OC(C)(C)C)C(=O)OC(C)(C)C)=N[C@@]2(c2cc(-c3cccnc3F)ccc2F)CO1.COC[C@H]1C[C@H]2CSC(N(C(=O)OC(C)(C)C)C(=O)OC(C)(C)C)=N[C@@]2(c2cc(Br)ccc2F)CO1.COC[C@H]1C[C@H]2CSC(N)=N[C@@]2(c2cc(-c3cccnc3F)ccc2F)CO1. The fraction of sp³-hybridized carbons (Fsp3) is 0.533. The predicted octanol–water partition coefficient (Wildman–Crippen LogP) is 16.0. The highest BCUT2D eigenvalue weighted by molar-refractivity contribution is 9.10. The summed E-state index contributed by atoms with van der Waals surface area (Å²) in [5.41, 5.74) is 1.28. The Morgan fingerprint density at radius 2 is 0.811 bits per heavy atom. The number of thioether (sulfide) groups is 3. The number of pyridine rings is 2. The average molecular weight is 1600 g/mol. The number of methoxy groups -OCH3 is 3. The first-order chi connectivity index (χ1) is 49.8. The molecule has 0 aliphatic carbocycles. The zero-order chi connectivity index (χ0) is 77.5. The minimum Gasteiger partial charge on any atom is -0.443 e. The Kier molecular flexibility index (Phi) is 27.0. The molecule has 106 heavy (non-hydrogen) atoms. The van der Waals surface area contributed by atoms with E-state index in [9.17, 15) is 28.0 Å². The molecule has 3 aromatic carbocycles. The third-order valence-electron chi connectivity index (χ3n) is 17.6. The van der Waals surface area contributed by atoms with Crippen molar-refractivity contribution in [1.82, 2.24) is 19.8 Å². The van der Waals surface area contributed by atoms with Gasteiger partial charge in [0.25, 0.3) is 0 Å².